The summed E-state index contributed by atoms with van der Waals surface area (Å²) in [6.45, 7) is 0. The Labute approximate surface area is 140 Å². The molecule has 17 heavy (non-hydrogen) atoms. The maximum atomic E-state index is 9.63. The summed E-state index contributed by atoms with van der Waals surface area (Å²) in [6.07, 6.45) is -4.88. The first-order valence-electron chi connectivity index (χ1n) is 3.14. The summed E-state index contributed by atoms with van der Waals surface area (Å²) in [4.78, 5) is 48.6. The average molecular weight is 290 g/mol. The minimum Gasteiger partial charge on any atom is -0.547 e. The van der Waals surface area contributed by atoms with Crippen LogP contribution in [0.4, 0.5) is 0 Å². The fourth-order valence-electron chi connectivity index (χ4n) is 0.258. The molecule has 0 saturated heterocycles. The molecule has 90 valence electrons. The minimum atomic E-state index is -4.61. The van der Waals surface area contributed by atoms with Gasteiger partial charge in [-0.3, -0.25) is 0 Å². The number of hydrogen-bond donors (Lipinski definition) is 6. The first kappa shape index (κ1) is 26.5. The van der Waals surface area contributed by atoms with Crippen molar-refractivity contribution in [3.8, 4) is 0 Å². The molecule has 6 N–H and O–H groups in total. The van der Waals surface area contributed by atoms with E-state index in [-0.39, 0.29) is 59.1 Å². The van der Waals surface area contributed by atoms with Gasteiger partial charge in [0.15, 0.2) is 0 Å². The zero-order chi connectivity index (χ0) is 12.8. The Morgan fingerprint density at radius 2 is 0.941 bits per heavy atom. The minimum absolute atomic E-state index is 0. The molecular weight excluding hydrogens is 282 g/mol. The van der Waals surface area contributed by atoms with Gasteiger partial charge in [-0.2, -0.15) is 0 Å². The van der Waals surface area contributed by atoms with Gasteiger partial charge in [0.1, 0.15) is 12.2 Å². The standard InChI is InChI=1S/C4H6O6.2Na.H4O4Si/c5-1(3(7)8)2(6)4(9)10;;;1-5(2,3)4/h1-2,5-6H,(H,7,8)(H,9,10);;;1-4H/q;2*+1;/p-2. The molecule has 0 aliphatic carbocycles. The zero-order valence-corrected chi connectivity index (χ0v) is 14.0. The molecule has 10 nitrogen and oxygen atoms in total. The number of carboxylic acid groups (broad SMARTS) is 2. The first-order chi connectivity index (χ1) is 6.46. The maximum Gasteiger partial charge on any atom is 1.00 e. The van der Waals surface area contributed by atoms with E-state index >= 15 is 0 Å². The molecule has 0 aliphatic rings. The first-order valence-corrected chi connectivity index (χ1v) is 4.93. The fourth-order valence-corrected chi connectivity index (χ4v) is 0.258. The molecule has 0 aromatic heterocycles. The third-order valence-corrected chi connectivity index (χ3v) is 0.782. The van der Waals surface area contributed by atoms with E-state index in [1.807, 2.05) is 0 Å². The van der Waals surface area contributed by atoms with Crippen molar-refractivity contribution >= 4 is 21.0 Å². The van der Waals surface area contributed by atoms with Crippen LogP contribution in [0.3, 0.4) is 0 Å². The van der Waals surface area contributed by atoms with E-state index in [4.69, 9.17) is 29.4 Å². The third kappa shape index (κ3) is 22.6. The number of aliphatic hydroxyl groups is 2. The average Bonchev–Trinajstić information content (AvgIpc) is 1.98. The van der Waals surface area contributed by atoms with Crippen molar-refractivity contribution in [1.82, 2.24) is 0 Å². The molecule has 0 radical (unpaired) electrons. The zero-order valence-electron chi connectivity index (χ0n) is 8.97. The largest absolute Gasteiger partial charge is 1.00 e. The normalized spacial score (nSPS) is 12.8. The van der Waals surface area contributed by atoms with Gasteiger partial charge in [-0.15, -0.1) is 0 Å². The van der Waals surface area contributed by atoms with Gasteiger partial charge in [0, 0.05) is 0 Å². The summed E-state index contributed by atoms with van der Waals surface area (Å²) >= 11 is 0. The van der Waals surface area contributed by atoms with Crippen molar-refractivity contribution in [2.45, 2.75) is 12.2 Å². The van der Waals surface area contributed by atoms with Crippen LogP contribution in [0.1, 0.15) is 0 Å². The Morgan fingerprint density at radius 3 is 1.00 bits per heavy atom. The summed E-state index contributed by atoms with van der Waals surface area (Å²) < 4.78 is 0. The molecule has 0 rings (SSSR count). The molecule has 0 saturated carbocycles. The van der Waals surface area contributed by atoms with Crippen molar-refractivity contribution in [2.24, 2.45) is 0 Å². The van der Waals surface area contributed by atoms with Crippen molar-refractivity contribution in [3.63, 3.8) is 0 Å². The molecule has 0 amide bonds. The van der Waals surface area contributed by atoms with Gasteiger partial charge < -0.3 is 49.2 Å². The number of aliphatic hydroxyl groups excluding tert-OH is 2. The summed E-state index contributed by atoms with van der Waals surface area (Å²) in [5.74, 6) is -4.12. The number of rotatable bonds is 3. The van der Waals surface area contributed by atoms with Crippen molar-refractivity contribution in [1.29, 1.82) is 0 Å². The second-order valence-electron chi connectivity index (χ2n) is 2.13. The van der Waals surface area contributed by atoms with E-state index in [9.17, 15) is 19.8 Å². The molecule has 0 aromatic rings. The van der Waals surface area contributed by atoms with Crippen LogP contribution in [0.2, 0.25) is 0 Å². The maximum absolute atomic E-state index is 9.63. The van der Waals surface area contributed by atoms with Gasteiger partial charge >= 0.3 is 68.2 Å². The Morgan fingerprint density at radius 1 is 0.824 bits per heavy atom. The van der Waals surface area contributed by atoms with E-state index in [0.29, 0.717) is 0 Å². The second-order valence-corrected chi connectivity index (χ2v) is 3.33. The van der Waals surface area contributed by atoms with Crippen LogP contribution in [0.25, 0.3) is 0 Å². The van der Waals surface area contributed by atoms with Gasteiger partial charge in [-0.25, -0.2) is 0 Å². The Hall–Kier alpha value is 0.917. The van der Waals surface area contributed by atoms with Gasteiger partial charge in [-0.1, -0.05) is 0 Å². The molecule has 0 spiro atoms. The van der Waals surface area contributed by atoms with Gasteiger partial charge in [0.2, 0.25) is 0 Å². The van der Waals surface area contributed by atoms with E-state index in [1.54, 1.807) is 0 Å². The van der Waals surface area contributed by atoms with Crippen molar-refractivity contribution in [3.05, 3.63) is 0 Å². The van der Waals surface area contributed by atoms with Gasteiger partial charge in [-0.05, 0) is 0 Å². The molecule has 0 fully saturated rings. The molecule has 0 bridgehead atoms. The van der Waals surface area contributed by atoms with Crippen LogP contribution in [0, 0.1) is 0 Å². The van der Waals surface area contributed by atoms with Crippen LogP contribution in [0.15, 0.2) is 0 Å². The van der Waals surface area contributed by atoms with E-state index in [2.05, 4.69) is 0 Å². The van der Waals surface area contributed by atoms with Crippen LogP contribution in [-0.4, -0.2) is 62.6 Å². The van der Waals surface area contributed by atoms with Crippen molar-refractivity contribution < 1.29 is 108 Å². The summed E-state index contributed by atoms with van der Waals surface area (Å²) in [5.41, 5.74) is 0. The molecule has 2 atom stereocenters. The second kappa shape index (κ2) is 12.0. The number of aliphatic carboxylic acids is 2. The smallest absolute Gasteiger partial charge is 0.547 e. The summed E-state index contributed by atoms with van der Waals surface area (Å²) in [5, 5.41) is 35.7. The van der Waals surface area contributed by atoms with Crippen molar-refractivity contribution in [2.75, 3.05) is 0 Å². The molecule has 0 heterocycles. The molecule has 0 aromatic carbocycles. The Balaban J connectivity index is -0.000000105. The molecule has 0 aliphatic heterocycles. The van der Waals surface area contributed by atoms with E-state index in [1.165, 1.54) is 0 Å². The quantitative estimate of drug-likeness (QED) is 0.271. The predicted molar refractivity (Wildman–Crippen MR) is 36.7 cm³/mol. The van der Waals surface area contributed by atoms with Crippen LogP contribution < -0.4 is 69.3 Å². The van der Waals surface area contributed by atoms with Crippen LogP contribution in [0.5, 0.6) is 0 Å². The number of carbonyl (C=O) groups excluding carboxylic acids is 2. The number of carboxylic acids is 2. The predicted octanol–water partition coefficient (Wildman–Crippen LogP) is -13.4. The van der Waals surface area contributed by atoms with Gasteiger partial charge in [0.05, 0.1) is 11.9 Å². The number of hydrogen-bond acceptors (Lipinski definition) is 10. The monoisotopic (exact) mass is 290 g/mol. The summed E-state index contributed by atoms with van der Waals surface area (Å²) in [7, 11) is -4.61. The molecule has 13 heteroatoms. The fraction of sp³-hybridized carbons (Fsp3) is 0.500. The number of carbonyl (C=O) groups is 2. The molecule has 2 unspecified atom stereocenters. The van der Waals surface area contributed by atoms with E-state index < -0.39 is 33.2 Å². The topological polar surface area (TPSA) is 202 Å². The molecular formula is C4H8Na2O10Si. The SMILES string of the molecule is O=C([O-])C(O)C(O)C(=O)[O-].O[Si](O)(O)O.[Na+].[Na+]. The van der Waals surface area contributed by atoms with E-state index in [0.717, 1.165) is 0 Å². The van der Waals surface area contributed by atoms with Crippen LogP contribution >= 0.6 is 0 Å². The third-order valence-electron chi connectivity index (χ3n) is 0.782. The summed E-state index contributed by atoms with van der Waals surface area (Å²) in [6, 6.07) is 0. The Kier molecular flexibility index (Phi) is 18.7. The van der Waals surface area contributed by atoms with Crippen LogP contribution in [-0.2, 0) is 9.59 Å². The van der Waals surface area contributed by atoms with Gasteiger partial charge in [0.25, 0.3) is 0 Å². The Bertz CT molecular complexity index is 205.